The number of aliphatic hydroxyl groups is 1. The maximum absolute atomic E-state index is 13.3. The highest BCUT2D eigenvalue weighted by molar-refractivity contribution is 7.22. The van der Waals surface area contributed by atoms with Crippen LogP contribution in [0.1, 0.15) is 30.3 Å². The molecule has 0 bridgehead atoms. The fourth-order valence-electron chi connectivity index (χ4n) is 4.03. The number of fused-ring (bicyclic) bond motifs is 1. The van der Waals surface area contributed by atoms with Crippen LogP contribution < -0.4 is 14.4 Å². The first-order valence-electron chi connectivity index (χ1n) is 11.1. The molecule has 4 aromatic rings. The predicted octanol–water partition coefficient (Wildman–Crippen LogP) is 5.78. The molecule has 0 radical (unpaired) electrons. The van der Waals surface area contributed by atoms with Crippen molar-refractivity contribution in [1.82, 2.24) is 4.98 Å². The Kier molecular flexibility index (Phi) is 6.27. The molecule has 0 aliphatic carbocycles. The lowest BCUT2D eigenvalue weighted by Crippen LogP contribution is -2.28. The van der Waals surface area contributed by atoms with Gasteiger partial charge in [-0.05, 0) is 67.8 Å². The van der Waals surface area contributed by atoms with E-state index in [0.717, 1.165) is 9.58 Å². The molecule has 0 spiro atoms. The summed E-state index contributed by atoms with van der Waals surface area (Å²) in [7, 11) is 0. The quantitative estimate of drug-likeness (QED) is 0.194. The van der Waals surface area contributed by atoms with Crippen molar-refractivity contribution in [3.8, 4) is 11.5 Å². The van der Waals surface area contributed by atoms with Crippen molar-refractivity contribution in [2.75, 3.05) is 18.1 Å². The average Bonchev–Trinajstić information content (AvgIpc) is 3.58. The Labute approximate surface area is 209 Å². The van der Waals surface area contributed by atoms with Crippen molar-refractivity contribution in [1.29, 1.82) is 0 Å². The largest absolute Gasteiger partial charge is 0.507 e. The van der Waals surface area contributed by atoms with E-state index in [0.29, 0.717) is 40.9 Å². The van der Waals surface area contributed by atoms with Crippen LogP contribution in [-0.4, -0.2) is 35.0 Å². The van der Waals surface area contributed by atoms with E-state index >= 15 is 0 Å². The molecule has 1 atom stereocenters. The minimum absolute atomic E-state index is 0.0378. The lowest BCUT2D eigenvalue weighted by Gasteiger charge is -2.21. The fraction of sp³-hybridized carbons (Fsp3) is 0.192. The lowest BCUT2D eigenvalue weighted by molar-refractivity contribution is -0.132. The minimum Gasteiger partial charge on any atom is -0.507 e. The molecule has 1 saturated heterocycles. The second-order valence-corrected chi connectivity index (χ2v) is 9.69. The SMILES string of the molecule is CCOc1ccc(/C(O)=C2\C(=O)C(=O)N(c3nc4ccc(OCC)cc4s3)C2c2cccs2)cc1. The summed E-state index contributed by atoms with van der Waals surface area (Å²) in [6.07, 6.45) is 0. The van der Waals surface area contributed by atoms with Crippen LogP contribution in [0.25, 0.3) is 16.0 Å². The summed E-state index contributed by atoms with van der Waals surface area (Å²) in [6.45, 7) is 4.85. The summed E-state index contributed by atoms with van der Waals surface area (Å²) in [4.78, 5) is 33.3. The molecular weight excluding hydrogens is 484 g/mol. The highest BCUT2D eigenvalue weighted by Gasteiger charge is 2.48. The highest BCUT2D eigenvalue weighted by atomic mass is 32.1. The molecule has 0 saturated carbocycles. The summed E-state index contributed by atoms with van der Waals surface area (Å²) in [6, 6.07) is 15.2. The van der Waals surface area contributed by atoms with Gasteiger partial charge in [0.25, 0.3) is 5.78 Å². The van der Waals surface area contributed by atoms with Crippen molar-refractivity contribution in [2.45, 2.75) is 19.9 Å². The number of carbonyl (C=O) groups excluding carboxylic acids is 2. The van der Waals surface area contributed by atoms with E-state index in [2.05, 4.69) is 4.98 Å². The minimum atomic E-state index is -0.784. The van der Waals surface area contributed by atoms with Crippen LogP contribution in [0.4, 0.5) is 5.13 Å². The van der Waals surface area contributed by atoms with Crippen LogP contribution >= 0.6 is 22.7 Å². The molecule has 1 amide bonds. The molecule has 7 nitrogen and oxygen atoms in total. The maximum Gasteiger partial charge on any atom is 0.301 e. The number of thiazole rings is 1. The van der Waals surface area contributed by atoms with Crippen LogP contribution in [0.5, 0.6) is 11.5 Å². The summed E-state index contributed by atoms with van der Waals surface area (Å²) in [5.74, 6) is -0.334. The number of carbonyl (C=O) groups is 2. The summed E-state index contributed by atoms with van der Waals surface area (Å²) in [5.41, 5.74) is 1.17. The van der Waals surface area contributed by atoms with E-state index in [9.17, 15) is 14.7 Å². The molecule has 9 heteroatoms. The van der Waals surface area contributed by atoms with Gasteiger partial charge in [-0.25, -0.2) is 4.98 Å². The molecule has 5 rings (SSSR count). The number of Topliss-reactive ketones (excluding diaryl/α,β-unsaturated/α-hetero) is 1. The van der Waals surface area contributed by atoms with Gasteiger partial charge in [-0.15, -0.1) is 11.3 Å². The number of aromatic nitrogens is 1. The van der Waals surface area contributed by atoms with E-state index in [4.69, 9.17) is 9.47 Å². The van der Waals surface area contributed by atoms with Crippen molar-refractivity contribution < 1.29 is 24.2 Å². The third-order valence-corrected chi connectivity index (χ3v) is 7.50. The van der Waals surface area contributed by atoms with Gasteiger partial charge < -0.3 is 14.6 Å². The van der Waals surface area contributed by atoms with Crippen molar-refractivity contribution in [3.05, 3.63) is 76.0 Å². The van der Waals surface area contributed by atoms with Crippen molar-refractivity contribution in [3.63, 3.8) is 0 Å². The Morgan fingerprint density at radius 3 is 2.43 bits per heavy atom. The molecule has 2 aromatic carbocycles. The van der Waals surface area contributed by atoms with Gasteiger partial charge in [0.15, 0.2) is 5.13 Å². The molecule has 35 heavy (non-hydrogen) atoms. The van der Waals surface area contributed by atoms with E-state index < -0.39 is 17.7 Å². The Bertz CT molecular complexity index is 1420. The lowest BCUT2D eigenvalue weighted by atomic mass is 10.00. The number of benzene rings is 2. The zero-order valence-electron chi connectivity index (χ0n) is 19.1. The molecule has 3 heterocycles. The zero-order valence-corrected chi connectivity index (χ0v) is 20.7. The number of ketones is 1. The fourth-order valence-corrected chi connectivity index (χ4v) is 5.87. The number of rotatable bonds is 7. The molecule has 2 aromatic heterocycles. The highest BCUT2D eigenvalue weighted by Crippen LogP contribution is 2.45. The van der Waals surface area contributed by atoms with Crippen LogP contribution in [0, 0.1) is 0 Å². The van der Waals surface area contributed by atoms with E-state index in [-0.39, 0.29) is 11.3 Å². The third-order valence-electron chi connectivity index (χ3n) is 5.56. The third kappa shape index (κ3) is 4.17. The van der Waals surface area contributed by atoms with Gasteiger partial charge >= 0.3 is 5.91 Å². The molecule has 1 unspecified atom stereocenters. The second kappa shape index (κ2) is 9.52. The molecule has 1 aliphatic rings. The Morgan fingerprint density at radius 1 is 1.03 bits per heavy atom. The molecule has 1 fully saturated rings. The van der Waals surface area contributed by atoms with Gasteiger partial charge in [0, 0.05) is 10.4 Å². The first-order valence-corrected chi connectivity index (χ1v) is 12.8. The zero-order chi connectivity index (χ0) is 24.5. The molecule has 1 N–H and O–H groups in total. The van der Waals surface area contributed by atoms with Crippen molar-refractivity contribution in [2.24, 2.45) is 0 Å². The Balaban J connectivity index is 1.62. The molecular formula is C26H22N2O5S2. The summed E-state index contributed by atoms with van der Waals surface area (Å²) in [5, 5.41) is 13.5. The second-order valence-electron chi connectivity index (χ2n) is 7.70. The molecule has 178 valence electrons. The summed E-state index contributed by atoms with van der Waals surface area (Å²) < 4.78 is 11.9. The number of anilines is 1. The monoisotopic (exact) mass is 506 g/mol. The summed E-state index contributed by atoms with van der Waals surface area (Å²) >= 11 is 2.71. The first-order chi connectivity index (χ1) is 17.0. The van der Waals surface area contributed by atoms with E-state index in [1.54, 1.807) is 24.3 Å². The van der Waals surface area contributed by atoms with Crippen LogP contribution in [-0.2, 0) is 9.59 Å². The van der Waals surface area contributed by atoms with Gasteiger partial charge in [-0.3, -0.25) is 14.5 Å². The normalized spacial score (nSPS) is 17.3. The van der Waals surface area contributed by atoms with Gasteiger partial charge in [-0.2, -0.15) is 0 Å². The number of nitrogens with zero attached hydrogens (tertiary/aromatic N) is 2. The van der Waals surface area contributed by atoms with Gasteiger partial charge in [0.2, 0.25) is 0 Å². The van der Waals surface area contributed by atoms with E-state index in [1.807, 2.05) is 49.6 Å². The van der Waals surface area contributed by atoms with Crippen molar-refractivity contribution >= 4 is 55.5 Å². The van der Waals surface area contributed by atoms with Gasteiger partial charge in [-0.1, -0.05) is 17.4 Å². The Hall–Kier alpha value is -3.69. The number of ether oxygens (including phenoxy) is 2. The number of thiophene rings is 1. The average molecular weight is 507 g/mol. The number of hydrogen-bond donors (Lipinski definition) is 1. The first kappa shape index (κ1) is 23.1. The number of amides is 1. The Morgan fingerprint density at radius 2 is 1.74 bits per heavy atom. The number of aliphatic hydroxyl groups excluding tert-OH is 1. The standard InChI is InChI=1S/C26H22N2O5S2/c1-3-32-16-9-7-15(8-10-16)23(29)21-22(19-6-5-13-34-19)28(25(31)24(21)30)26-27-18-12-11-17(33-4-2)14-20(18)35-26/h5-14,22,29H,3-4H2,1-2H3/b23-21+. The topological polar surface area (TPSA) is 89.0 Å². The van der Waals surface area contributed by atoms with Crippen LogP contribution in [0.3, 0.4) is 0 Å². The van der Waals surface area contributed by atoms with Gasteiger partial charge in [0.1, 0.15) is 23.3 Å². The van der Waals surface area contributed by atoms with Crippen LogP contribution in [0.15, 0.2) is 65.6 Å². The van der Waals surface area contributed by atoms with Gasteiger partial charge in [0.05, 0.1) is 29.0 Å². The van der Waals surface area contributed by atoms with E-state index in [1.165, 1.54) is 27.6 Å². The smallest absolute Gasteiger partial charge is 0.301 e. The molecule has 1 aliphatic heterocycles. The number of hydrogen-bond acceptors (Lipinski definition) is 8. The van der Waals surface area contributed by atoms with Crippen LogP contribution in [0.2, 0.25) is 0 Å². The predicted molar refractivity (Wildman–Crippen MR) is 138 cm³/mol. The maximum atomic E-state index is 13.3.